The van der Waals surface area contributed by atoms with Crippen molar-refractivity contribution in [3.8, 4) is 5.75 Å². The molecule has 5 heteroatoms. The smallest absolute Gasteiger partial charge is 0.176 e. The average Bonchev–Trinajstić information content (AvgIpc) is 2.43. The van der Waals surface area contributed by atoms with E-state index in [9.17, 15) is 5.11 Å². The second kappa shape index (κ2) is 6.98. The Morgan fingerprint density at radius 3 is 2.60 bits per heavy atom. The number of phenols is 1. The van der Waals surface area contributed by atoms with Crippen LogP contribution in [0, 0.1) is 95.0 Å². The Kier molecular flexibility index (Phi) is 7.63. The summed E-state index contributed by atoms with van der Waals surface area (Å²) in [6.07, 6.45) is 0. The number of fused-ring (bicyclic) bond motifs is 1. The zero-order valence-corrected chi connectivity index (χ0v) is 17.9. The van der Waals surface area contributed by atoms with E-state index in [1.54, 1.807) is 12.1 Å². The van der Waals surface area contributed by atoms with Crippen LogP contribution in [-0.4, -0.2) is 5.11 Å². The van der Waals surface area contributed by atoms with Crippen LogP contribution >= 0.6 is 0 Å². The summed E-state index contributed by atoms with van der Waals surface area (Å²) in [5.74, 6) is 0.854. The molecule has 0 fully saturated rings. The van der Waals surface area contributed by atoms with Crippen molar-refractivity contribution >= 4 is 11.0 Å². The number of hydrogen-bond donors (Lipinski definition) is 1. The third kappa shape index (κ3) is 3.20. The van der Waals surface area contributed by atoms with Gasteiger partial charge in [-0.3, -0.25) is 0 Å². The van der Waals surface area contributed by atoms with Crippen LogP contribution in [0.5, 0.6) is 5.75 Å². The van der Waals surface area contributed by atoms with E-state index in [-0.39, 0.29) is 100 Å². The van der Waals surface area contributed by atoms with Gasteiger partial charge in [0.05, 0.1) is 0 Å². The molecule has 0 bridgehead atoms. The summed E-state index contributed by atoms with van der Waals surface area (Å²) >= 11 is 0. The van der Waals surface area contributed by atoms with Gasteiger partial charge in [0.25, 0.3) is 0 Å². The number of hydrogen-bond acceptors (Lipinski definition) is 2. The van der Waals surface area contributed by atoms with Gasteiger partial charge in [-0.25, -0.2) is 0 Å². The van der Waals surface area contributed by atoms with Crippen molar-refractivity contribution in [2.45, 2.75) is 13.5 Å². The second-order valence-corrected chi connectivity index (χ2v) is 2.97. The summed E-state index contributed by atoms with van der Waals surface area (Å²) in [4.78, 5) is 0. The molecule has 2 rings (SSSR count). The first-order chi connectivity index (χ1) is 6.24. The fraction of sp³-hybridized carbons (Fsp3) is 0.200. The number of aromatic hydroxyl groups is 1. The van der Waals surface area contributed by atoms with Gasteiger partial charge in [0.15, 0.2) is 11.3 Å². The molecular formula is C10H10Ac2NO2-. The van der Waals surface area contributed by atoms with Crippen molar-refractivity contribution in [3.63, 3.8) is 0 Å². The minimum Gasteiger partial charge on any atom is -0.674 e. The Morgan fingerprint density at radius 2 is 2.00 bits per heavy atom. The molecule has 2 aromatic rings. The fourth-order valence-electron chi connectivity index (χ4n) is 1.49. The molecule has 1 heterocycles. The predicted octanol–water partition coefficient (Wildman–Crippen LogP) is 3.00. The molecule has 3 nitrogen and oxygen atoms in total. The Morgan fingerprint density at radius 1 is 1.33 bits per heavy atom. The first-order valence-electron chi connectivity index (χ1n) is 4.08. The minimum atomic E-state index is 0. The number of nitrogens with one attached hydrogen (secondary N) is 1. The first-order valence-corrected chi connectivity index (χ1v) is 4.08. The number of para-hydroxylation sites is 1. The quantitative estimate of drug-likeness (QED) is 0.528. The van der Waals surface area contributed by atoms with Crippen molar-refractivity contribution in [2.24, 2.45) is 0 Å². The maximum atomic E-state index is 9.45. The molecule has 0 unspecified atom stereocenters. The first kappa shape index (κ1) is 16.4. The zero-order chi connectivity index (χ0) is 9.42. The van der Waals surface area contributed by atoms with Crippen LogP contribution in [0.15, 0.2) is 22.6 Å². The number of furan rings is 1. The van der Waals surface area contributed by atoms with Crippen LogP contribution in [0.2, 0.25) is 0 Å². The SMILES string of the molecule is Cc1oc2c(O)cccc2c1C[NH-].[Ac].[Ac]. The molecule has 0 spiro atoms. The van der Waals surface area contributed by atoms with Gasteiger partial charge in [0.2, 0.25) is 0 Å². The van der Waals surface area contributed by atoms with E-state index in [1.165, 1.54) is 0 Å². The molecule has 2 N–H and O–H groups in total. The molecule has 0 saturated carbocycles. The summed E-state index contributed by atoms with van der Waals surface area (Å²) in [6.45, 7) is 1.99. The van der Waals surface area contributed by atoms with E-state index >= 15 is 0 Å². The van der Waals surface area contributed by atoms with E-state index < -0.39 is 0 Å². The van der Waals surface area contributed by atoms with Gasteiger partial charge in [-0.2, -0.15) is 0 Å². The van der Waals surface area contributed by atoms with Gasteiger partial charge in [-0.15, -0.1) is 6.54 Å². The topological polar surface area (TPSA) is 57.2 Å². The maximum absolute atomic E-state index is 9.45. The second-order valence-electron chi connectivity index (χ2n) is 2.97. The fourth-order valence-corrected chi connectivity index (χ4v) is 1.49. The third-order valence-electron chi connectivity index (χ3n) is 2.18. The summed E-state index contributed by atoms with van der Waals surface area (Å²) in [5.41, 5.74) is 8.65. The minimum absolute atomic E-state index is 0. The molecule has 0 aliphatic carbocycles. The van der Waals surface area contributed by atoms with E-state index in [0.717, 1.165) is 10.9 Å². The molecule has 1 aromatic heterocycles. The normalized spacial score (nSPS) is 9.47. The molecule has 15 heavy (non-hydrogen) atoms. The number of benzene rings is 1. The molecule has 2 radical (unpaired) electrons. The Labute approximate surface area is 160 Å². The Balaban J connectivity index is 0.000000980. The van der Waals surface area contributed by atoms with Gasteiger partial charge >= 0.3 is 0 Å². The zero-order valence-electron chi connectivity index (χ0n) is 8.45. The molecule has 74 valence electrons. The van der Waals surface area contributed by atoms with Crippen LogP contribution < -0.4 is 0 Å². The number of rotatable bonds is 1. The molecule has 0 atom stereocenters. The van der Waals surface area contributed by atoms with Crippen LogP contribution in [0.3, 0.4) is 0 Å². The van der Waals surface area contributed by atoms with Gasteiger partial charge < -0.3 is 15.3 Å². The van der Waals surface area contributed by atoms with Crippen molar-refractivity contribution in [2.75, 3.05) is 0 Å². The van der Waals surface area contributed by atoms with Crippen LogP contribution in [0.1, 0.15) is 11.3 Å². The summed E-state index contributed by atoms with van der Waals surface area (Å²) in [7, 11) is 0. The largest absolute Gasteiger partial charge is 0.674 e. The van der Waals surface area contributed by atoms with E-state index in [0.29, 0.717) is 11.3 Å². The molecule has 0 aliphatic heterocycles. The molecule has 1 aromatic carbocycles. The van der Waals surface area contributed by atoms with Crippen molar-refractivity contribution < 1.29 is 97.6 Å². The number of aryl methyl sites for hydroxylation is 1. The van der Waals surface area contributed by atoms with Crippen molar-refractivity contribution in [3.05, 3.63) is 35.3 Å². The monoisotopic (exact) mass is 630 g/mol. The standard InChI is InChI=1S/C10H10NO2.2Ac/c1-6-8(5-11)7-3-2-4-9(12)10(7)13-6;;/h2-4,11-12H,5H2,1H3;;/q-1;;. The predicted molar refractivity (Wildman–Crippen MR) is 50.6 cm³/mol. The van der Waals surface area contributed by atoms with Gasteiger partial charge in [0.1, 0.15) is 5.76 Å². The molecule has 0 amide bonds. The summed E-state index contributed by atoms with van der Waals surface area (Å²) < 4.78 is 5.35. The third-order valence-corrected chi connectivity index (χ3v) is 2.18. The Hall–Kier alpha value is 1.40. The summed E-state index contributed by atoms with van der Waals surface area (Å²) in [6, 6.07) is 5.19. The molecule has 0 aliphatic rings. The summed E-state index contributed by atoms with van der Waals surface area (Å²) in [5, 5.41) is 10.3. The van der Waals surface area contributed by atoms with Gasteiger partial charge in [-0.05, 0) is 18.6 Å². The van der Waals surface area contributed by atoms with E-state index in [1.807, 2.05) is 13.0 Å². The number of phenolic OH excluding ortho intramolecular Hbond substituents is 1. The van der Waals surface area contributed by atoms with E-state index in [4.69, 9.17) is 10.2 Å². The van der Waals surface area contributed by atoms with Crippen LogP contribution in [0.25, 0.3) is 16.7 Å². The van der Waals surface area contributed by atoms with Gasteiger partial charge in [0, 0.05) is 93.5 Å². The average molecular weight is 630 g/mol. The Bertz CT molecular complexity index is 454. The van der Waals surface area contributed by atoms with Crippen LogP contribution in [0.4, 0.5) is 0 Å². The van der Waals surface area contributed by atoms with Crippen molar-refractivity contribution in [1.29, 1.82) is 0 Å². The maximum Gasteiger partial charge on any atom is 0.176 e. The van der Waals surface area contributed by atoms with Gasteiger partial charge in [-0.1, -0.05) is 12.1 Å². The van der Waals surface area contributed by atoms with E-state index in [2.05, 4.69) is 0 Å². The molecule has 0 saturated heterocycles. The van der Waals surface area contributed by atoms with Crippen LogP contribution in [-0.2, 0) is 6.54 Å². The van der Waals surface area contributed by atoms with Crippen molar-refractivity contribution in [1.82, 2.24) is 0 Å². The molecular weight excluding hydrogens is 620 g/mol.